The zero-order valence-corrected chi connectivity index (χ0v) is 14.4. The number of hydrogen-bond acceptors (Lipinski definition) is 2. The molecule has 1 aliphatic carbocycles. The number of unbranched alkanes of at least 4 members (excludes halogenated alkanes) is 10. The average molecular weight is 319 g/mol. The van der Waals surface area contributed by atoms with E-state index >= 15 is 0 Å². The molecule has 0 bridgehead atoms. The van der Waals surface area contributed by atoms with Gasteiger partial charge in [0, 0.05) is 0 Å². The van der Waals surface area contributed by atoms with Crippen molar-refractivity contribution in [3.8, 4) is 0 Å². The minimum atomic E-state index is -3.74. The second-order valence-corrected chi connectivity index (χ2v) is 8.33. The molecule has 21 heavy (non-hydrogen) atoms. The lowest BCUT2D eigenvalue weighted by molar-refractivity contribution is 0.286. The molecule has 1 fully saturated rings. The topological polar surface area (TPSA) is 54.4 Å². The van der Waals surface area contributed by atoms with Crippen molar-refractivity contribution >= 4 is 10.1 Å². The van der Waals surface area contributed by atoms with Crippen molar-refractivity contribution in [2.75, 3.05) is 5.75 Å². The van der Waals surface area contributed by atoms with Gasteiger partial charge in [-0.2, -0.15) is 8.42 Å². The Bertz CT molecular complexity index is 334. The maximum Gasteiger partial charge on any atom is 0.264 e. The van der Waals surface area contributed by atoms with Crippen molar-refractivity contribution in [2.45, 2.75) is 96.3 Å². The van der Waals surface area contributed by atoms with Crippen molar-refractivity contribution in [2.24, 2.45) is 5.92 Å². The van der Waals surface area contributed by atoms with E-state index in [9.17, 15) is 8.42 Å². The largest absolute Gasteiger partial charge is 0.286 e. The van der Waals surface area contributed by atoms with Crippen molar-refractivity contribution in [1.29, 1.82) is 0 Å². The van der Waals surface area contributed by atoms with E-state index in [0.29, 0.717) is 6.42 Å². The molecule has 0 heterocycles. The van der Waals surface area contributed by atoms with Crippen LogP contribution in [0.2, 0.25) is 0 Å². The first-order chi connectivity index (χ1) is 10.1. The van der Waals surface area contributed by atoms with Gasteiger partial charge in [0.25, 0.3) is 10.1 Å². The van der Waals surface area contributed by atoms with Gasteiger partial charge in [-0.15, -0.1) is 0 Å². The molecule has 1 rings (SSSR count). The van der Waals surface area contributed by atoms with Crippen LogP contribution in [0.15, 0.2) is 0 Å². The molecule has 1 N–H and O–H groups in total. The first kappa shape index (κ1) is 19.0. The molecule has 0 unspecified atom stereocenters. The summed E-state index contributed by atoms with van der Waals surface area (Å²) in [5.41, 5.74) is 0. The lowest BCUT2D eigenvalue weighted by atomic mass is 9.81. The SMILES string of the molecule is O=S(=O)(O)CCCCCCCCCCCCCC1CCC1. The van der Waals surface area contributed by atoms with Gasteiger partial charge in [0.05, 0.1) is 5.75 Å². The molecule has 1 saturated carbocycles. The smallest absolute Gasteiger partial charge is 0.264 e. The summed E-state index contributed by atoms with van der Waals surface area (Å²) in [4.78, 5) is 0. The first-order valence-corrected chi connectivity index (χ1v) is 10.6. The van der Waals surface area contributed by atoms with E-state index in [2.05, 4.69) is 0 Å². The van der Waals surface area contributed by atoms with Crippen LogP contribution in [0.5, 0.6) is 0 Å². The van der Waals surface area contributed by atoms with Crippen LogP contribution in [0.3, 0.4) is 0 Å². The van der Waals surface area contributed by atoms with Gasteiger partial charge in [0.1, 0.15) is 0 Å². The van der Waals surface area contributed by atoms with Gasteiger partial charge in [-0.05, 0) is 12.3 Å². The standard InChI is InChI=1S/C17H34O3S/c18-21(19,20)16-11-9-7-5-3-1-2-4-6-8-10-13-17-14-12-15-17/h17H,1-16H2,(H,18,19,20). The lowest BCUT2D eigenvalue weighted by Gasteiger charge is -2.24. The molecule has 1 aliphatic rings. The lowest BCUT2D eigenvalue weighted by Crippen LogP contribution is -2.10. The first-order valence-electron chi connectivity index (χ1n) is 9.03. The summed E-state index contributed by atoms with van der Waals surface area (Å²) in [6, 6.07) is 0. The molecule has 0 spiro atoms. The van der Waals surface area contributed by atoms with E-state index in [0.717, 1.165) is 18.8 Å². The molecule has 3 nitrogen and oxygen atoms in total. The molecule has 0 aromatic rings. The normalized spacial score (nSPS) is 16.0. The van der Waals surface area contributed by atoms with Gasteiger partial charge in [-0.3, -0.25) is 4.55 Å². The Labute approximate surface area is 131 Å². The highest BCUT2D eigenvalue weighted by Crippen LogP contribution is 2.31. The summed E-state index contributed by atoms with van der Waals surface area (Å²) in [5.74, 6) is 0.999. The van der Waals surface area contributed by atoms with E-state index in [4.69, 9.17) is 4.55 Å². The molecule has 0 aromatic carbocycles. The fraction of sp³-hybridized carbons (Fsp3) is 1.00. The maximum absolute atomic E-state index is 10.5. The summed E-state index contributed by atoms with van der Waals surface area (Å²) in [6.45, 7) is 0. The van der Waals surface area contributed by atoms with Crippen LogP contribution in [0.4, 0.5) is 0 Å². The molecule has 0 atom stereocenters. The third kappa shape index (κ3) is 12.2. The van der Waals surface area contributed by atoms with Crippen molar-refractivity contribution in [3.63, 3.8) is 0 Å². The van der Waals surface area contributed by atoms with E-state index in [1.165, 1.54) is 77.0 Å². The third-order valence-corrected chi connectivity index (χ3v) is 5.54. The van der Waals surface area contributed by atoms with Gasteiger partial charge in [-0.25, -0.2) is 0 Å². The summed E-state index contributed by atoms with van der Waals surface area (Å²) in [7, 11) is -3.74. The van der Waals surface area contributed by atoms with E-state index in [-0.39, 0.29) is 5.75 Å². The second-order valence-electron chi connectivity index (χ2n) is 6.76. The fourth-order valence-corrected chi connectivity index (χ4v) is 3.66. The van der Waals surface area contributed by atoms with Crippen LogP contribution in [0.25, 0.3) is 0 Å². The quantitative estimate of drug-likeness (QED) is 0.347. The molecular formula is C17H34O3S. The predicted molar refractivity (Wildman–Crippen MR) is 89.2 cm³/mol. The van der Waals surface area contributed by atoms with Crippen LogP contribution in [-0.2, 0) is 10.1 Å². The zero-order chi connectivity index (χ0) is 15.4. The molecular weight excluding hydrogens is 284 g/mol. The minimum Gasteiger partial charge on any atom is -0.286 e. The van der Waals surface area contributed by atoms with Crippen LogP contribution in [0.1, 0.15) is 96.3 Å². The molecule has 0 amide bonds. The summed E-state index contributed by atoms with van der Waals surface area (Å²) >= 11 is 0. The van der Waals surface area contributed by atoms with Crippen LogP contribution < -0.4 is 0 Å². The van der Waals surface area contributed by atoms with Gasteiger partial charge < -0.3 is 0 Å². The number of hydrogen-bond donors (Lipinski definition) is 1. The Morgan fingerprint density at radius 1 is 0.714 bits per heavy atom. The van der Waals surface area contributed by atoms with Crippen molar-refractivity contribution in [1.82, 2.24) is 0 Å². The van der Waals surface area contributed by atoms with E-state index in [1.54, 1.807) is 0 Å². The highest BCUT2D eigenvalue weighted by atomic mass is 32.2. The Hall–Kier alpha value is -0.0900. The fourth-order valence-electron chi connectivity index (χ4n) is 3.09. The van der Waals surface area contributed by atoms with Gasteiger partial charge >= 0.3 is 0 Å². The predicted octanol–water partition coefficient (Wildman–Crippen LogP) is 5.36. The molecule has 4 heteroatoms. The van der Waals surface area contributed by atoms with Crippen LogP contribution in [0, 0.1) is 5.92 Å². The summed E-state index contributed by atoms with van der Waals surface area (Å²) in [5, 5.41) is 0. The monoisotopic (exact) mass is 318 g/mol. The van der Waals surface area contributed by atoms with Crippen molar-refractivity contribution in [3.05, 3.63) is 0 Å². The molecule has 0 radical (unpaired) electrons. The molecule has 0 aromatic heterocycles. The van der Waals surface area contributed by atoms with E-state index in [1.807, 2.05) is 0 Å². The summed E-state index contributed by atoms with van der Waals surface area (Å²) < 4.78 is 29.7. The van der Waals surface area contributed by atoms with Crippen LogP contribution >= 0.6 is 0 Å². The van der Waals surface area contributed by atoms with Crippen molar-refractivity contribution < 1.29 is 13.0 Å². The van der Waals surface area contributed by atoms with E-state index < -0.39 is 10.1 Å². The Morgan fingerprint density at radius 2 is 1.14 bits per heavy atom. The summed E-state index contributed by atoms with van der Waals surface area (Å²) in [6.07, 6.45) is 19.3. The minimum absolute atomic E-state index is 0.0755. The Kier molecular flexibility index (Phi) is 10.4. The zero-order valence-electron chi connectivity index (χ0n) is 13.6. The van der Waals surface area contributed by atoms with Gasteiger partial charge in [0.2, 0.25) is 0 Å². The Balaban J connectivity index is 1.68. The average Bonchev–Trinajstić information content (AvgIpc) is 2.35. The highest BCUT2D eigenvalue weighted by Gasteiger charge is 2.15. The van der Waals surface area contributed by atoms with Gasteiger partial charge in [-0.1, -0.05) is 89.9 Å². The Morgan fingerprint density at radius 3 is 1.52 bits per heavy atom. The third-order valence-electron chi connectivity index (χ3n) is 4.74. The second kappa shape index (κ2) is 11.5. The van der Waals surface area contributed by atoms with Gasteiger partial charge in [0.15, 0.2) is 0 Å². The maximum atomic E-state index is 10.5. The molecule has 0 saturated heterocycles. The number of rotatable bonds is 14. The molecule has 0 aliphatic heterocycles. The van der Waals surface area contributed by atoms with Crippen LogP contribution in [-0.4, -0.2) is 18.7 Å². The highest BCUT2D eigenvalue weighted by molar-refractivity contribution is 7.85. The molecule has 126 valence electrons.